The number of hydrogen-bond donors (Lipinski definition) is 0. The van der Waals surface area contributed by atoms with E-state index in [-0.39, 0.29) is 18.6 Å². The zero-order valence-electron chi connectivity index (χ0n) is 16.1. The molecule has 0 saturated heterocycles. The van der Waals surface area contributed by atoms with E-state index in [1.165, 1.54) is 0 Å². The summed E-state index contributed by atoms with van der Waals surface area (Å²) in [6.45, 7) is 6.66. The van der Waals surface area contributed by atoms with Crippen molar-refractivity contribution in [3.63, 3.8) is 0 Å². The van der Waals surface area contributed by atoms with Gasteiger partial charge in [0.25, 0.3) is 0 Å². The summed E-state index contributed by atoms with van der Waals surface area (Å²) < 4.78 is 58.7. The molecule has 0 aliphatic carbocycles. The molecular formula is C24H24F4O. The van der Waals surface area contributed by atoms with E-state index in [1.807, 2.05) is 0 Å². The van der Waals surface area contributed by atoms with E-state index in [1.54, 1.807) is 64.1 Å². The molecule has 1 heterocycles. The van der Waals surface area contributed by atoms with Gasteiger partial charge in [0.1, 0.15) is 0 Å². The first kappa shape index (κ1) is 22.5. The van der Waals surface area contributed by atoms with Crippen molar-refractivity contribution in [2.45, 2.75) is 41.5 Å². The van der Waals surface area contributed by atoms with Gasteiger partial charge < -0.3 is 4.42 Å². The summed E-state index contributed by atoms with van der Waals surface area (Å²) in [5, 5.41) is 1.23. The Kier molecular flexibility index (Phi) is 6.73. The van der Waals surface area contributed by atoms with Crippen LogP contribution in [0.2, 0.25) is 0 Å². The molecule has 0 radical (unpaired) electrons. The molecule has 0 fully saturated rings. The maximum Gasteiger partial charge on any atom is 0.171 e. The molecule has 1 aromatic heterocycles. The second kappa shape index (κ2) is 8.68. The zero-order valence-corrected chi connectivity index (χ0v) is 16.1. The SMILES string of the molecule is C.CCc1ccc(C)c(F)c1F.Cc1ccc2c(oc3c(F)c(C)ccc32)c1F. The Morgan fingerprint density at radius 2 is 1.03 bits per heavy atom. The fourth-order valence-electron chi connectivity index (χ4n) is 2.99. The van der Waals surface area contributed by atoms with Gasteiger partial charge in [0, 0.05) is 10.8 Å². The molecule has 5 heteroatoms. The van der Waals surface area contributed by atoms with E-state index in [2.05, 4.69) is 0 Å². The van der Waals surface area contributed by atoms with Gasteiger partial charge in [0.15, 0.2) is 34.4 Å². The van der Waals surface area contributed by atoms with Crippen molar-refractivity contribution >= 4 is 21.9 Å². The van der Waals surface area contributed by atoms with Crippen molar-refractivity contribution in [2.24, 2.45) is 0 Å². The zero-order chi connectivity index (χ0) is 20.6. The number of halogens is 4. The minimum Gasteiger partial charge on any atom is -0.450 e. The summed E-state index contributed by atoms with van der Waals surface area (Å²) in [4.78, 5) is 0. The van der Waals surface area contributed by atoms with Gasteiger partial charge in [-0.1, -0.05) is 50.7 Å². The molecule has 4 aromatic rings. The van der Waals surface area contributed by atoms with E-state index >= 15 is 0 Å². The Balaban J connectivity index is 0.000000219. The fourth-order valence-corrected chi connectivity index (χ4v) is 2.99. The molecule has 0 spiro atoms. The Labute approximate surface area is 168 Å². The Hall–Kier alpha value is -2.82. The number of benzene rings is 3. The second-order valence-corrected chi connectivity index (χ2v) is 6.77. The van der Waals surface area contributed by atoms with Crippen molar-refractivity contribution < 1.29 is 22.0 Å². The molecule has 3 aromatic carbocycles. The van der Waals surface area contributed by atoms with E-state index < -0.39 is 23.3 Å². The minimum atomic E-state index is -0.718. The Bertz CT molecular complexity index is 1110. The molecule has 29 heavy (non-hydrogen) atoms. The third-order valence-corrected chi connectivity index (χ3v) is 4.81. The van der Waals surface area contributed by atoms with Crippen molar-refractivity contribution in [3.05, 3.63) is 81.9 Å². The predicted octanol–water partition coefficient (Wildman–Crippen LogP) is 7.95. The largest absolute Gasteiger partial charge is 0.450 e. The van der Waals surface area contributed by atoms with Crippen LogP contribution in [-0.2, 0) is 6.42 Å². The van der Waals surface area contributed by atoms with Crippen LogP contribution < -0.4 is 0 Å². The lowest BCUT2D eigenvalue weighted by molar-refractivity contribution is 0.494. The maximum atomic E-state index is 13.9. The number of furan rings is 1. The molecular weight excluding hydrogens is 380 g/mol. The fraction of sp³-hybridized carbons (Fsp3) is 0.250. The molecule has 0 N–H and O–H groups in total. The second-order valence-electron chi connectivity index (χ2n) is 6.77. The summed E-state index contributed by atoms with van der Waals surface area (Å²) in [5.41, 5.74) is 2.05. The standard InChI is InChI=1S/C14H10F2O.C9H10F2.CH4/c1-7-3-5-9-10-6-4-8(2)12(16)14(10)17-13(9)11(7)15;1-3-7-5-4-6(2)8(10)9(7)11;/h3-6H,1-2H3;4-5H,3H2,1-2H3;1H4. The lowest BCUT2D eigenvalue weighted by atomic mass is 10.1. The van der Waals surface area contributed by atoms with Crippen LogP contribution in [0.1, 0.15) is 36.6 Å². The van der Waals surface area contributed by atoms with Crippen LogP contribution in [0.25, 0.3) is 21.9 Å². The van der Waals surface area contributed by atoms with Gasteiger partial charge in [-0.15, -0.1) is 0 Å². The van der Waals surface area contributed by atoms with Crippen LogP contribution in [0.5, 0.6) is 0 Å². The van der Waals surface area contributed by atoms with Gasteiger partial charge in [-0.3, -0.25) is 0 Å². The lowest BCUT2D eigenvalue weighted by Gasteiger charge is -2.01. The molecule has 0 aliphatic heterocycles. The van der Waals surface area contributed by atoms with Gasteiger partial charge in [0.2, 0.25) is 0 Å². The first-order chi connectivity index (χ1) is 13.3. The monoisotopic (exact) mass is 404 g/mol. The van der Waals surface area contributed by atoms with Crippen molar-refractivity contribution in [1.29, 1.82) is 0 Å². The van der Waals surface area contributed by atoms with E-state index in [9.17, 15) is 17.6 Å². The molecule has 0 atom stereocenters. The highest BCUT2D eigenvalue weighted by Crippen LogP contribution is 2.33. The third kappa shape index (κ3) is 4.00. The summed E-state index contributed by atoms with van der Waals surface area (Å²) in [7, 11) is 0. The molecule has 0 aliphatic rings. The number of fused-ring (bicyclic) bond motifs is 3. The average molecular weight is 404 g/mol. The van der Waals surface area contributed by atoms with E-state index in [0.29, 0.717) is 39.4 Å². The Morgan fingerprint density at radius 1 is 0.621 bits per heavy atom. The van der Waals surface area contributed by atoms with Crippen LogP contribution in [-0.4, -0.2) is 0 Å². The summed E-state index contributed by atoms with van der Waals surface area (Å²) in [5.74, 6) is -2.26. The van der Waals surface area contributed by atoms with Gasteiger partial charge in [-0.05, 0) is 49.4 Å². The van der Waals surface area contributed by atoms with Gasteiger partial charge in [-0.25, -0.2) is 17.6 Å². The topological polar surface area (TPSA) is 13.1 Å². The van der Waals surface area contributed by atoms with Crippen molar-refractivity contribution in [3.8, 4) is 0 Å². The first-order valence-electron chi connectivity index (χ1n) is 8.96. The number of aryl methyl sites for hydroxylation is 4. The molecule has 1 nitrogen and oxygen atoms in total. The smallest absolute Gasteiger partial charge is 0.171 e. The van der Waals surface area contributed by atoms with Crippen LogP contribution in [0.15, 0.2) is 40.8 Å². The van der Waals surface area contributed by atoms with Gasteiger partial charge in [0.05, 0.1) is 0 Å². The van der Waals surface area contributed by atoms with Crippen LogP contribution >= 0.6 is 0 Å². The number of rotatable bonds is 1. The average Bonchev–Trinajstić information content (AvgIpc) is 3.07. The highest BCUT2D eigenvalue weighted by Gasteiger charge is 2.16. The van der Waals surface area contributed by atoms with Crippen LogP contribution in [0.4, 0.5) is 17.6 Å². The third-order valence-electron chi connectivity index (χ3n) is 4.81. The maximum absolute atomic E-state index is 13.9. The van der Waals surface area contributed by atoms with E-state index in [0.717, 1.165) is 0 Å². The molecule has 0 bridgehead atoms. The van der Waals surface area contributed by atoms with E-state index in [4.69, 9.17) is 4.42 Å². The van der Waals surface area contributed by atoms with Crippen LogP contribution in [0.3, 0.4) is 0 Å². The van der Waals surface area contributed by atoms with Crippen molar-refractivity contribution in [1.82, 2.24) is 0 Å². The molecule has 0 unspecified atom stereocenters. The molecule has 154 valence electrons. The first-order valence-corrected chi connectivity index (χ1v) is 8.96. The lowest BCUT2D eigenvalue weighted by Crippen LogP contribution is -1.94. The minimum absolute atomic E-state index is 0. The predicted molar refractivity (Wildman–Crippen MR) is 110 cm³/mol. The van der Waals surface area contributed by atoms with Crippen molar-refractivity contribution in [2.75, 3.05) is 0 Å². The Morgan fingerprint density at radius 3 is 1.48 bits per heavy atom. The quantitative estimate of drug-likeness (QED) is 0.293. The molecule has 0 saturated carbocycles. The number of hydrogen-bond acceptors (Lipinski definition) is 1. The normalized spacial score (nSPS) is 10.6. The van der Waals surface area contributed by atoms with Crippen LogP contribution in [0, 0.1) is 44.0 Å². The summed E-state index contributed by atoms with van der Waals surface area (Å²) >= 11 is 0. The molecule has 0 amide bonds. The molecule has 4 rings (SSSR count). The summed E-state index contributed by atoms with van der Waals surface area (Å²) in [6, 6.07) is 10.1. The highest BCUT2D eigenvalue weighted by molar-refractivity contribution is 6.05. The van der Waals surface area contributed by atoms with Gasteiger partial charge in [-0.2, -0.15) is 0 Å². The van der Waals surface area contributed by atoms with Gasteiger partial charge >= 0.3 is 0 Å². The summed E-state index contributed by atoms with van der Waals surface area (Å²) in [6.07, 6.45) is 0.531. The highest BCUT2D eigenvalue weighted by atomic mass is 19.2.